The molecular weight excluding hydrogens is 605 g/mol. The molecule has 0 fully saturated rings. The zero-order valence-corrected chi connectivity index (χ0v) is 28.4. The standard InChI is InChI=1S/C48H38N2/c1-35-14-6-12-22-46(35)50(47-23-13-7-15-36(47)2)42-32-28-38(29-33-42)25-24-37-26-30-41(31-27-37)49(40-17-4-3-5-18-40)48-34-39-16-8-9-19-43(39)44-20-10-11-21-45(44)48/h3-34H,1-2H3. The van der Waals surface area contributed by atoms with Crippen molar-refractivity contribution in [3.05, 3.63) is 204 Å². The smallest absolute Gasteiger partial charge is 0.0546 e. The average molecular weight is 643 g/mol. The highest BCUT2D eigenvalue weighted by molar-refractivity contribution is 6.14. The molecule has 0 aliphatic rings. The van der Waals surface area contributed by atoms with Crippen LogP contribution < -0.4 is 9.80 Å². The van der Waals surface area contributed by atoms with Crippen LogP contribution >= 0.6 is 0 Å². The molecule has 0 aliphatic carbocycles. The molecule has 50 heavy (non-hydrogen) atoms. The molecule has 0 amide bonds. The van der Waals surface area contributed by atoms with E-state index in [0.29, 0.717) is 0 Å². The maximum atomic E-state index is 2.37. The predicted octanol–water partition coefficient (Wildman–Crippen LogP) is 13.7. The van der Waals surface area contributed by atoms with Gasteiger partial charge >= 0.3 is 0 Å². The molecular formula is C48H38N2. The molecule has 0 bridgehead atoms. The minimum atomic E-state index is 1.12. The number of hydrogen-bond donors (Lipinski definition) is 0. The Morgan fingerprint density at radius 2 is 0.780 bits per heavy atom. The van der Waals surface area contributed by atoms with Gasteiger partial charge in [-0.25, -0.2) is 0 Å². The van der Waals surface area contributed by atoms with Gasteiger partial charge < -0.3 is 9.80 Å². The Bertz CT molecular complexity index is 2400. The van der Waals surface area contributed by atoms with Gasteiger partial charge in [-0.1, -0.05) is 140 Å². The lowest BCUT2D eigenvalue weighted by Gasteiger charge is -2.28. The van der Waals surface area contributed by atoms with Crippen molar-refractivity contribution in [2.75, 3.05) is 9.80 Å². The lowest BCUT2D eigenvalue weighted by atomic mass is 9.99. The van der Waals surface area contributed by atoms with Gasteiger partial charge in [0, 0.05) is 33.8 Å². The maximum absolute atomic E-state index is 2.37. The molecule has 0 N–H and O–H groups in total. The summed E-state index contributed by atoms with van der Waals surface area (Å²) in [6.07, 6.45) is 4.38. The Hall–Kier alpha value is -6.38. The summed E-state index contributed by atoms with van der Waals surface area (Å²) in [6.45, 7) is 4.35. The van der Waals surface area contributed by atoms with Crippen LogP contribution in [0.2, 0.25) is 0 Å². The van der Waals surface area contributed by atoms with Gasteiger partial charge in [-0.15, -0.1) is 0 Å². The largest absolute Gasteiger partial charge is 0.310 e. The lowest BCUT2D eigenvalue weighted by molar-refractivity contribution is 1.22. The molecule has 0 radical (unpaired) electrons. The minimum Gasteiger partial charge on any atom is -0.310 e. The van der Waals surface area contributed by atoms with Crippen LogP contribution in [0.4, 0.5) is 34.1 Å². The average Bonchev–Trinajstić information content (AvgIpc) is 3.17. The van der Waals surface area contributed by atoms with Gasteiger partial charge in [-0.2, -0.15) is 0 Å². The minimum absolute atomic E-state index is 1.12. The van der Waals surface area contributed by atoms with Gasteiger partial charge in [0.05, 0.1) is 5.69 Å². The highest BCUT2D eigenvalue weighted by Crippen LogP contribution is 2.42. The van der Waals surface area contributed by atoms with Crippen molar-refractivity contribution >= 4 is 67.8 Å². The fraction of sp³-hybridized carbons (Fsp3) is 0.0417. The van der Waals surface area contributed by atoms with Crippen molar-refractivity contribution in [2.45, 2.75) is 13.8 Å². The third-order valence-corrected chi connectivity index (χ3v) is 9.49. The topological polar surface area (TPSA) is 6.48 Å². The molecule has 0 saturated heterocycles. The van der Waals surface area contributed by atoms with Crippen molar-refractivity contribution in [2.24, 2.45) is 0 Å². The molecule has 0 atom stereocenters. The van der Waals surface area contributed by atoms with Gasteiger partial charge in [0.15, 0.2) is 0 Å². The second-order valence-electron chi connectivity index (χ2n) is 12.8. The molecule has 0 unspecified atom stereocenters. The van der Waals surface area contributed by atoms with E-state index < -0.39 is 0 Å². The van der Waals surface area contributed by atoms with Crippen LogP contribution in [0.25, 0.3) is 33.7 Å². The lowest BCUT2D eigenvalue weighted by Crippen LogP contribution is -2.12. The van der Waals surface area contributed by atoms with Crippen LogP contribution in [-0.2, 0) is 0 Å². The molecule has 2 nitrogen and oxygen atoms in total. The van der Waals surface area contributed by atoms with E-state index in [0.717, 1.165) is 28.2 Å². The first-order valence-corrected chi connectivity index (χ1v) is 17.2. The summed E-state index contributed by atoms with van der Waals surface area (Å²) in [5.74, 6) is 0. The number of rotatable bonds is 8. The Morgan fingerprint density at radius 1 is 0.340 bits per heavy atom. The van der Waals surface area contributed by atoms with Crippen molar-refractivity contribution in [3.63, 3.8) is 0 Å². The highest BCUT2D eigenvalue weighted by atomic mass is 15.1. The number of fused-ring (bicyclic) bond motifs is 3. The number of nitrogens with zero attached hydrogens (tertiary/aromatic N) is 2. The summed E-state index contributed by atoms with van der Waals surface area (Å²) in [5, 5.41) is 4.99. The molecule has 8 rings (SSSR count). The zero-order chi connectivity index (χ0) is 33.9. The van der Waals surface area contributed by atoms with Gasteiger partial charge in [0.2, 0.25) is 0 Å². The summed E-state index contributed by atoms with van der Waals surface area (Å²) in [4.78, 5) is 4.73. The Balaban J connectivity index is 1.11. The molecule has 0 spiro atoms. The number of anilines is 6. The van der Waals surface area contributed by atoms with E-state index >= 15 is 0 Å². The van der Waals surface area contributed by atoms with E-state index in [4.69, 9.17) is 0 Å². The Kier molecular flexibility index (Phi) is 8.42. The van der Waals surface area contributed by atoms with Crippen molar-refractivity contribution < 1.29 is 0 Å². The summed E-state index contributed by atoms with van der Waals surface area (Å²) in [5.41, 5.74) is 11.7. The quantitative estimate of drug-likeness (QED) is 0.120. The summed E-state index contributed by atoms with van der Waals surface area (Å²) in [6, 6.07) is 65.2. The number of hydrogen-bond acceptors (Lipinski definition) is 2. The summed E-state index contributed by atoms with van der Waals surface area (Å²) < 4.78 is 0. The molecule has 0 saturated carbocycles. The zero-order valence-electron chi connectivity index (χ0n) is 28.4. The molecule has 240 valence electrons. The molecule has 0 aliphatic heterocycles. The normalized spacial score (nSPS) is 11.3. The van der Waals surface area contributed by atoms with Crippen LogP contribution in [-0.4, -0.2) is 0 Å². The molecule has 0 heterocycles. The molecule has 8 aromatic rings. The van der Waals surface area contributed by atoms with Crippen LogP contribution in [0.15, 0.2) is 182 Å². The monoisotopic (exact) mass is 642 g/mol. The second-order valence-corrected chi connectivity index (χ2v) is 12.8. The first-order chi connectivity index (χ1) is 24.6. The van der Waals surface area contributed by atoms with E-state index in [1.165, 1.54) is 49.7 Å². The van der Waals surface area contributed by atoms with Gasteiger partial charge in [-0.05, 0) is 107 Å². The fourth-order valence-electron chi connectivity index (χ4n) is 6.92. The van der Waals surface area contributed by atoms with E-state index in [2.05, 4.69) is 218 Å². The van der Waals surface area contributed by atoms with Crippen LogP contribution in [0.1, 0.15) is 22.3 Å². The van der Waals surface area contributed by atoms with Crippen molar-refractivity contribution in [1.29, 1.82) is 0 Å². The van der Waals surface area contributed by atoms with Crippen LogP contribution in [0.5, 0.6) is 0 Å². The van der Waals surface area contributed by atoms with E-state index in [1.54, 1.807) is 0 Å². The van der Waals surface area contributed by atoms with Crippen LogP contribution in [0.3, 0.4) is 0 Å². The van der Waals surface area contributed by atoms with Crippen LogP contribution in [0, 0.1) is 13.8 Å². The maximum Gasteiger partial charge on any atom is 0.0546 e. The first-order valence-electron chi connectivity index (χ1n) is 17.2. The third kappa shape index (κ3) is 6.04. The van der Waals surface area contributed by atoms with E-state index in [-0.39, 0.29) is 0 Å². The van der Waals surface area contributed by atoms with Crippen molar-refractivity contribution in [1.82, 2.24) is 0 Å². The second kappa shape index (κ2) is 13.6. The molecule has 2 heteroatoms. The number of benzene rings is 8. The van der Waals surface area contributed by atoms with E-state index in [9.17, 15) is 0 Å². The number of aryl methyl sites for hydroxylation is 2. The summed E-state index contributed by atoms with van der Waals surface area (Å²) >= 11 is 0. The summed E-state index contributed by atoms with van der Waals surface area (Å²) in [7, 11) is 0. The number of para-hydroxylation sites is 3. The van der Waals surface area contributed by atoms with Gasteiger partial charge in [0.1, 0.15) is 0 Å². The Labute approximate surface area is 294 Å². The SMILES string of the molecule is Cc1ccccc1N(c1ccc(C=Cc2ccc(N(c3ccccc3)c3cc4ccccc4c4ccccc34)cc2)cc1)c1ccccc1C. The predicted molar refractivity (Wildman–Crippen MR) is 216 cm³/mol. The molecule has 8 aromatic carbocycles. The first kappa shape index (κ1) is 30.9. The highest BCUT2D eigenvalue weighted by Gasteiger charge is 2.18. The van der Waals surface area contributed by atoms with Gasteiger partial charge in [0.25, 0.3) is 0 Å². The van der Waals surface area contributed by atoms with E-state index in [1.807, 2.05) is 0 Å². The fourth-order valence-corrected chi connectivity index (χ4v) is 6.92. The van der Waals surface area contributed by atoms with Crippen molar-refractivity contribution in [3.8, 4) is 0 Å². The third-order valence-electron chi connectivity index (χ3n) is 9.49. The van der Waals surface area contributed by atoms with Gasteiger partial charge in [-0.3, -0.25) is 0 Å². The Morgan fingerprint density at radius 3 is 1.36 bits per heavy atom. The molecule has 0 aromatic heterocycles.